The molecule has 138 valence electrons. The minimum Gasteiger partial charge on any atom is -0.488 e. The number of nitrogens with one attached hydrogen (secondary N) is 1. The maximum atomic E-state index is 13.5. The fraction of sp³-hybridized carbons (Fsp3) is 0.294. The maximum absolute atomic E-state index is 13.5. The van der Waals surface area contributed by atoms with E-state index in [4.69, 9.17) is 21.2 Å². The van der Waals surface area contributed by atoms with Gasteiger partial charge >= 0.3 is 0 Å². The van der Waals surface area contributed by atoms with Crippen molar-refractivity contribution in [3.8, 4) is 5.75 Å². The number of thiophene rings is 1. The summed E-state index contributed by atoms with van der Waals surface area (Å²) < 4.78 is 32.3. The summed E-state index contributed by atoms with van der Waals surface area (Å²) in [6.45, 7) is 1.73. The number of amides is 1. The first-order valence-corrected chi connectivity index (χ1v) is 8.98. The van der Waals surface area contributed by atoms with E-state index in [1.54, 1.807) is 13.0 Å². The van der Waals surface area contributed by atoms with Crippen LogP contribution in [0.5, 0.6) is 5.75 Å². The Morgan fingerprint density at radius 1 is 1.46 bits per heavy atom. The summed E-state index contributed by atoms with van der Waals surface area (Å²) >= 11 is 7.26. The lowest BCUT2D eigenvalue weighted by Gasteiger charge is -2.17. The lowest BCUT2D eigenvalue weighted by Crippen LogP contribution is -2.42. The molecule has 0 spiro atoms. The molecule has 2 heterocycles. The van der Waals surface area contributed by atoms with Crippen molar-refractivity contribution in [2.75, 3.05) is 6.61 Å². The first-order valence-electron chi connectivity index (χ1n) is 7.79. The van der Waals surface area contributed by atoms with Gasteiger partial charge in [0.25, 0.3) is 5.91 Å². The Morgan fingerprint density at radius 3 is 2.96 bits per heavy atom. The number of rotatable bonds is 6. The van der Waals surface area contributed by atoms with Crippen LogP contribution in [-0.2, 0) is 9.63 Å². The van der Waals surface area contributed by atoms with Gasteiger partial charge in [-0.15, -0.1) is 11.3 Å². The van der Waals surface area contributed by atoms with Gasteiger partial charge in [0.15, 0.2) is 11.6 Å². The lowest BCUT2D eigenvalue weighted by atomic mass is 10.1. The number of oxime groups is 1. The fourth-order valence-electron chi connectivity index (χ4n) is 2.32. The van der Waals surface area contributed by atoms with Gasteiger partial charge in [-0.2, -0.15) is 0 Å². The molecular formula is C17H15ClF2N2O3S. The van der Waals surface area contributed by atoms with E-state index < -0.39 is 23.8 Å². The number of hydrogen-bond donors (Lipinski definition) is 1. The smallest absolute Gasteiger partial charge is 0.264 e. The molecule has 0 fully saturated rings. The minimum atomic E-state index is -0.796. The second-order valence-electron chi connectivity index (χ2n) is 5.74. The molecule has 2 atom stereocenters. The predicted octanol–water partition coefficient (Wildman–Crippen LogP) is 3.76. The molecule has 1 aromatic carbocycles. The van der Waals surface area contributed by atoms with Gasteiger partial charge in [-0.3, -0.25) is 4.79 Å². The van der Waals surface area contributed by atoms with Crippen LogP contribution in [0, 0.1) is 11.6 Å². The standard InChI is InChI=1S/C17H15ClF2N2O3S/c1-9(8-24-13-3-2-10(19)6-11(13)20)21-17(23)14-7-12(22-25-14)15-4-5-16(18)26-15/h2-6,9,14H,7-8H2,1H3,(H,21,23). The van der Waals surface area contributed by atoms with E-state index in [9.17, 15) is 13.6 Å². The molecule has 9 heteroatoms. The van der Waals surface area contributed by atoms with Crippen LogP contribution in [0.1, 0.15) is 18.2 Å². The number of benzene rings is 1. The number of hydrogen-bond acceptors (Lipinski definition) is 5. The van der Waals surface area contributed by atoms with Crippen LogP contribution in [0.3, 0.4) is 0 Å². The Hall–Kier alpha value is -2.19. The normalized spacial score (nSPS) is 17.4. The number of nitrogens with zero attached hydrogens (tertiary/aromatic N) is 1. The van der Waals surface area contributed by atoms with Crippen molar-refractivity contribution in [3.05, 3.63) is 51.2 Å². The van der Waals surface area contributed by atoms with Crippen molar-refractivity contribution in [1.29, 1.82) is 0 Å². The monoisotopic (exact) mass is 400 g/mol. The Labute approximate surface area is 157 Å². The Kier molecular flexibility index (Phi) is 5.73. The van der Waals surface area contributed by atoms with Gasteiger partial charge in [-0.1, -0.05) is 16.8 Å². The number of halogens is 3. The van der Waals surface area contributed by atoms with Crippen LogP contribution >= 0.6 is 22.9 Å². The average Bonchev–Trinajstić information content (AvgIpc) is 3.23. The molecule has 1 N–H and O–H groups in total. The zero-order chi connectivity index (χ0) is 18.7. The topological polar surface area (TPSA) is 59.9 Å². The molecular weight excluding hydrogens is 386 g/mol. The van der Waals surface area contributed by atoms with Gasteiger partial charge < -0.3 is 14.9 Å². The molecule has 1 amide bonds. The highest BCUT2D eigenvalue weighted by Gasteiger charge is 2.30. The van der Waals surface area contributed by atoms with E-state index in [2.05, 4.69) is 10.5 Å². The van der Waals surface area contributed by atoms with E-state index in [-0.39, 0.29) is 18.3 Å². The van der Waals surface area contributed by atoms with Gasteiger partial charge in [0.1, 0.15) is 18.1 Å². The van der Waals surface area contributed by atoms with E-state index in [1.165, 1.54) is 17.4 Å². The first-order chi connectivity index (χ1) is 12.4. The molecule has 0 saturated heterocycles. The highest BCUT2D eigenvalue weighted by molar-refractivity contribution is 7.18. The van der Waals surface area contributed by atoms with E-state index in [0.717, 1.165) is 17.0 Å². The van der Waals surface area contributed by atoms with Crippen LogP contribution in [0.25, 0.3) is 0 Å². The second-order valence-corrected chi connectivity index (χ2v) is 7.45. The number of carbonyl (C=O) groups excluding carboxylic acids is 1. The first kappa shape index (κ1) is 18.6. The number of carbonyl (C=O) groups is 1. The molecule has 0 radical (unpaired) electrons. The average molecular weight is 401 g/mol. The van der Waals surface area contributed by atoms with Crippen LogP contribution in [0.4, 0.5) is 8.78 Å². The van der Waals surface area contributed by atoms with Gasteiger partial charge in [0.2, 0.25) is 6.10 Å². The summed E-state index contributed by atoms with van der Waals surface area (Å²) in [4.78, 5) is 18.3. The molecule has 0 aliphatic carbocycles. The zero-order valence-electron chi connectivity index (χ0n) is 13.7. The Morgan fingerprint density at radius 2 is 2.27 bits per heavy atom. The summed E-state index contributed by atoms with van der Waals surface area (Å²) in [6, 6.07) is 6.21. The van der Waals surface area contributed by atoms with Gasteiger partial charge in [0, 0.05) is 12.5 Å². The van der Waals surface area contributed by atoms with Crippen molar-refractivity contribution in [3.63, 3.8) is 0 Å². The second kappa shape index (κ2) is 8.01. The molecule has 1 aliphatic heterocycles. The van der Waals surface area contributed by atoms with Crippen molar-refractivity contribution >= 4 is 34.6 Å². The molecule has 3 rings (SSSR count). The van der Waals surface area contributed by atoms with E-state index in [0.29, 0.717) is 16.5 Å². The maximum Gasteiger partial charge on any atom is 0.264 e. The summed E-state index contributed by atoms with van der Waals surface area (Å²) in [5.41, 5.74) is 0.666. The molecule has 5 nitrogen and oxygen atoms in total. The van der Waals surface area contributed by atoms with Crippen LogP contribution in [-0.4, -0.2) is 30.4 Å². The van der Waals surface area contributed by atoms with Gasteiger partial charge in [-0.25, -0.2) is 8.78 Å². The summed E-state index contributed by atoms with van der Waals surface area (Å²) in [7, 11) is 0. The largest absolute Gasteiger partial charge is 0.488 e. The van der Waals surface area contributed by atoms with Gasteiger partial charge in [-0.05, 0) is 31.2 Å². The third-order valence-electron chi connectivity index (χ3n) is 3.59. The zero-order valence-corrected chi connectivity index (χ0v) is 15.2. The van der Waals surface area contributed by atoms with Crippen molar-refractivity contribution in [2.24, 2.45) is 5.16 Å². The van der Waals surface area contributed by atoms with Crippen molar-refractivity contribution in [1.82, 2.24) is 5.32 Å². The minimum absolute atomic E-state index is 0.0231. The van der Waals surface area contributed by atoms with Crippen LogP contribution in [0.15, 0.2) is 35.5 Å². The molecule has 0 bridgehead atoms. The predicted molar refractivity (Wildman–Crippen MR) is 94.8 cm³/mol. The van der Waals surface area contributed by atoms with Crippen LogP contribution in [0.2, 0.25) is 4.34 Å². The summed E-state index contributed by atoms with van der Waals surface area (Å²) in [5.74, 6) is -1.90. The quantitative estimate of drug-likeness (QED) is 0.803. The Balaban J connectivity index is 1.47. The molecule has 1 aromatic heterocycles. The summed E-state index contributed by atoms with van der Waals surface area (Å²) in [6.07, 6.45) is -0.404. The Bertz CT molecular complexity index is 843. The number of ether oxygens (including phenoxy) is 1. The van der Waals surface area contributed by atoms with Crippen molar-refractivity contribution in [2.45, 2.75) is 25.5 Å². The third-order valence-corrected chi connectivity index (χ3v) is 4.87. The lowest BCUT2D eigenvalue weighted by molar-refractivity contribution is -0.132. The highest BCUT2D eigenvalue weighted by Crippen LogP contribution is 2.26. The van der Waals surface area contributed by atoms with Gasteiger partial charge in [0.05, 0.1) is 15.3 Å². The van der Waals surface area contributed by atoms with Crippen LogP contribution < -0.4 is 10.1 Å². The van der Waals surface area contributed by atoms with E-state index in [1.807, 2.05) is 6.07 Å². The molecule has 2 aromatic rings. The third kappa shape index (κ3) is 4.50. The molecule has 0 saturated carbocycles. The molecule has 26 heavy (non-hydrogen) atoms. The highest BCUT2D eigenvalue weighted by atomic mass is 35.5. The molecule has 2 unspecified atom stereocenters. The molecule has 1 aliphatic rings. The van der Waals surface area contributed by atoms with E-state index >= 15 is 0 Å². The SMILES string of the molecule is CC(COc1ccc(F)cc1F)NC(=O)C1CC(c2ccc(Cl)s2)=NO1. The summed E-state index contributed by atoms with van der Waals surface area (Å²) in [5, 5.41) is 6.65. The van der Waals surface area contributed by atoms with Crippen molar-refractivity contribution < 1.29 is 23.1 Å². The fourth-order valence-corrected chi connectivity index (χ4v) is 3.35.